The Kier molecular flexibility index (Phi) is 9.05. The lowest BCUT2D eigenvalue weighted by molar-refractivity contribution is 0.476. The molecule has 3 aromatic carbocycles. The molecule has 2 aliphatic rings. The number of nitrogens with one attached hydrogen (secondary N) is 3. The summed E-state index contributed by atoms with van der Waals surface area (Å²) in [6.07, 6.45) is 2.08. The van der Waals surface area contributed by atoms with Crippen LogP contribution in [0.4, 0.5) is 17.1 Å². The van der Waals surface area contributed by atoms with E-state index >= 15 is 0 Å². The fourth-order valence-corrected chi connectivity index (χ4v) is 3.83. The monoisotopic (exact) mass is 460 g/mol. The quantitative estimate of drug-likeness (QED) is 0.260. The molecule has 0 saturated carbocycles. The van der Waals surface area contributed by atoms with Gasteiger partial charge in [0.25, 0.3) is 0 Å². The van der Waals surface area contributed by atoms with Crippen molar-refractivity contribution in [3.05, 3.63) is 84.2 Å². The number of rotatable bonds is 3. The van der Waals surface area contributed by atoms with Crippen LogP contribution in [0.15, 0.2) is 78.6 Å². The van der Waals surface area contributed by atoms with Gasteiger partial charge in [-0.25, -0.2) is 0 Å². The van der Waals surface area contributed by atoms with Gasteiger partial charge in [0, 0.05) is 43.3 Å². The number of hydrogen-bond donors (Lipinski definition) is 6. The van der Waals surface area contributed by atoms with Gasteiger partial charge in [-0.05, 0) is 41.0 Å². The largest absolute Gasteiger partial charge is 0.508 e. The smallest absolute Gasteiger partial charge is 0.117 e. The van der Waals surface area contributed by atoms with Gasteiger partial charge < -0.3 is 37.4 Å². The number of fused-ring (bicyclic) bond motifs is 1. The highest BCUT2D eigenvalue weighted by Gasteiger charge is 2.17. The van der Waals surface area contributed by atoms with Gasteiger partial charge in [-0.3, -0.25) is 0 Å². The third-order valence-corrected chi connectivity index (χ3v) is 5.53. The van der Waals surface area contributed by atoms with Crippen molar-refractivity contribution in [3.63, 3.8) is 0 Å². The van der Waals surface area contributed by atoms with Crippen LogP contribution in [0.1, 0.15) is 19.4 Å². The third-order valence-electron chi connectivity index (χ3n) is 5.53. The van der Waals surface area contributed by atoms with E-state index in [2.05, 4.69) is 75.6 Å². The van der Waals surface area contributed by atoms with Gasteiger partial charge in [-0.15, -0.1) is 0 Å². The van der Waals surface area contributed by atoms with E-state index in [0.717, 1.165) is 32.8 Å². The molecule has 2 heterocycles. The lowest BCUT2D eigenvalue weighted by Crippen LogP contribution is -2.32. The minimum absolute atomic E-state index is 0.140. The second-order valence-corrected chi connectivity index (χ2v) is 7.85. The van der Waals surface area contributed by atoms with Crippen molar-refractivity contribution >= 4 is 17.1 Å². The van der Waals surface area contributed by atoms with Crippen LogP contribution >= 0.6 is 0 Å². The van der Waals surface area contributed by atoms with Crippen LogP contribution in [0.25, 0.3) is 11.1 Å². The molecule has 0 aromatic heterocycles. The van der Waals surface area contributed by atoms with Crippen molar-refractivity contribution in [3.8, 4) is 16.9 Å². The van der Waals surface area contributed by atoms with E-state index in [4.69, 9.17) is 16.6 Å². The molecule has 3 aromatic rings. The number of hydrogen-bond acceptors (Lipinski definition) is 7. The summed E-state index contributed by atoms with van der Waals surface area (Å²) in [6, 6.07) is 21.9. The highest BCUT2D eigenvalue weighted by atomic mass is 16.3. The summed E-state index contributed by atoms with van der Waals surface area (Å²) in [4.78, 5) is 2.45. The van der Waals surface area contributed by atoms with Gasteiger partial charge >= 0.3 is 0 Å². The van der Waals surface area contributed by atoms with E-state index in [1.165, 1.54) is 40.2 Å². The minimum Gasteiger partial charge on any atom is -0.508 e. The molecule has 0 unspecified atom stereocenters. The first-order valence-electron chi connectivity index (χ1n) is 11.7. The Hall–Kier alpha value is -3.84. The number of benzene rings is 3. The molecule has 7 nitrogen and oxygen atoms in total. The maximum atomic E-state index is 8.80. The predicted octanol–water partition coefficient (Wildman–Crippen LogP) is 3.84. The van der Waals surface area contributed by atoms with Crippen molar-refractivity contribution in [2.75, 3.05) is 42.7 Å². The second-order valence-electron chi connectivity index (χ2n) is 7.85. The highest BCUT2D eigenvalue weighted by Crippen LogP contribution is 2.29. The molecule has 0 atom stereocenters. The Morgan fingerprint density at radius 3 is 2.38 bits per heavy atom. The van der Waals surface area contributed by atoms with Crippen LogP contribution in [-0.4, -0.2) is 31.4 Å². The molecule has 7 heteroatoms. The van der Waals surface area contributed by atoms with E-state index < -0.39 is 0 Å². The molecule has 0 bridgehead atoms. The number of nitrogens with two attached hydrogens (primary N) is 2. The first-order valence-corrected chi connectivity index (χ1v) is 11.7. The molecule has 2 aliphatic heterocycles. The predicted molar refractivity (Wildman–Crippen MR) is 143 cm³/mol. The summed E-state index contributed by atoms with van der Waals surface area (Å²) in [6.45, 7) is 8.72. The van der Waals surface area contributed by atoms with E-state index in [1.54, 1.807) is 6.07 Å². The Morgan fingerprint density at radius 1 is 0.912 bits per heavy atom. The summed E-state index contributed by atoms with van der Waals surface area (Å²) in [5.41, 5.74) is 18.1. The number of phenols is 1. The van der Waals surface area contributed by atoms with Gasteiger partial charge in [0.2, 0.25) is 0 Å². The zero-order chi connectivity index (χ0) is 24.3. The molecule has 0 fully saturated rings. The Balaban J connectivity index is 0.000000248. The Bertz CT molecular complexity index is 1080. The van der Waals surface area contributed by atoms with Gasteiger partial charge in [0.1, 0.15) is 5.75 Å². The second kappa shape index (κ2) is 12.4. The van der Waals surface area contributed by atoms with Crippen LogP contribution in [0.3, 0.4) is 0 Å². The average molecular weight is 461 g/mol. The van der Waals surface area contributed by atoms with E-state index in [1.807, 2.05) is 13.8 Å². The lowest BCUT2D eigenvalue weighted by atomic mass is 10.0. The summed E-state index contributed by atoms with van der Waals surface area (Å²) >= 11 is 0. The number of phenolic OH excluding ortho intramolecular Hbond substituents is 1. The molecule has 0 spiro atoms. The van der Waals surface area contributed by atoms with Crippen molar-refractivity contribution < 1.29 is 5.11 Å². The molecule has 34 heavy (non-hydrogen) atoms. The standard InChI is InChI=1S/C19H22N4.C6H8N2O.C2H6/c1-2-4-15(5-3-1)16-6-7-19-17(10-16)11-20-8-9-23(19)13-18-12-21-14-22-18;7-5-2-1-4(9)3-6(5)8;1-2/h1-7,10,12,20-22H,8-9,11,13-14H2;1-3,9H,7-8H2;1-2H3. The normalized spacial score (nSPS) is 14.1. The van der Waals surface area contributed by atoms with Crippen molar-refractivity contribution in [2.45, 2.75) is 20.4 Å². The van der Waals surface area contributed by atoms with E-state index in [0.29, 0.717) is 11.4 Å². The lowest BCUT2D eigenvalue weighted by Gasteiger charge is -2.25. The van der Waals surface area contributed by atoms with Gasteiger partial charge in [0.15, 0.2) is 0 Å². The summed E-state index contributed by atoms with van der Waals surface area (Å²) in [7, 11) is 0. The Morgan fingerprint density at radius 2 is 1.71 bits per heavy atom. The summed E-state index contributed by atoms with van der Waals surface area (Å²) < 4.78 is 0. The molecule has 0 amide bonds. The van der Waals surface area contributed by atoms with Gasteiger partial charge in [-0.1, -0.05) is 50.2 Å². The van der Waals surface area contributed by atoms with Crippen LogP contribution in [-0.2, 0) is 6.54 Å². The number of anilines is 3. The summed E-state index contributed by atoms with van der Waals surface area (Å²) in [5, 5.41) is 18.9. The summed E-state index contributed by atoms with van der Waals surface area (Å²) in [5.74, 6) is 0.140. The zero-order valence-electron chi connectivity index (χ0n) is 20.0. The molecule has 180 valence electrons. The van der Waals surface area contributed by atoms with Crippen LogP contribution < -0.4 is 32.3 Å². The molecule has 0 saturated heterocycles. The van der Waals surface area contributed by atoms with Gasteiger partial charge in [-0.2, -0.15) is 0 Å². The first kappa shape index (κ1) is 24.8. The third kappa shape index (κ3) is 6.59. The maximum absolute atomic E-state index is 8.80. The van der Waals surface area contributed by atoms with Crippen LogP contribution in [0, 0.1) is 0 Å². The van der Waals surface area contributed by atoms with Crippen molar-refractivity contribution in [1.29, 1.82) is 0 Å². The van der Waals surface area contributed by atoms with Crippen molar-refractivity contribution in [2.24, 2.45) is 0 Å². The Labute approximate surface area is 202 Å². The first-order chi connectivity index (χ1) is 16.6. The van der Waals surface area contributed by atoms with E-state index in [9.17, 15) is 0 Å². The fourth-order valence-electron chi connectivity index (χ4n) is 3.83. The number of aromatic hydroxyl groups is 1. The number of nitrogens with zero attached hydrogens (tertiary/aromatic N) is 1. The van der Waals surface area contributed by atoms with Crippen LogP contribution in [0.2, 0.25) is 0 Å². The van der Waals surface area contributed by atoms with Crippen molar-refractivity contribution in [1.82, 2.24) is 16.0 Å². The topological polar surface area (TPSA) is 112 Å². The average Bonchev–Trinajstić information content (AvgIpc) is 3.31. The van der Waals surface area contributed by atoms with E-state index in [-0.39, 0.29) is 5.75 Å². The molecule has 0 aliphatic carbocycles. The highest BCUT2D eigenvalue weighted by molar-refractivity contribution is 5.69. The molecule has 5 rings (SSSR count). The zero-order valence-corrected chi connectivity index (χ0v) is 20.0. The van der Waals surface area contributed by atoms with Crippen LogP contribution in [0.5, 0.6) is 5.75 Å². The SMILES string of the molecule is C1=C(CN2CCNCc3cc(-c4ccccc4)ccc32)NCN1.CC.Nc1ccc(O)cc1N. The van der Waals surface area contributed by atoms with Gasteiger partial charge in [0.05, 0.1) is 24.6 Å². The molecular weight excluding hydrogens is 424 g/mol. The maximum Gasteiger partial charge on any atom is 0.117 e. The fraction of sp³-hybridized carbons (Fsp3) is 0.259. The minimum atomic E-state index is 0.140. The molecule has 8 N–H and O–H groups in total. The molecule has 0 radical (unpaired) electrons. The molecular formula is C27H36N6O. The number of nitrogen functional groups attached to an aromatic ring is 2.